The Labute approximate surface area is 144 Å². The highest BCUT2D eigenvalue weighted by Crippen LogP contribution is 2.22. The fourth-order valence-corrected chi connectivity index (χ4v) is 2.95. The van der Waals surface area contributed by atoms with Crippen LogP contribution in [-0.4, -0.2) is 67.4 Å². The van der Waals surface area contributed by atoms with Crippen molar-refractivity contribution in [1.29, 1.82) is 0 Å². The summed E-state index contributed by atoms with van der Waals surface area (Å²) in [7, 11) is 2.13. The predicted molar refractivity (Wildman–Crippen MR) is 97.3 cm³/mol. The Balaban J connectivity index is 1.46. The van der Waals surface area contributed by atoms with Crippen LogP contribution < -0.4 is 4.74 Å². The van der Waals surface area contributed by atoms with Crippen LogP contribution in [0.15, 0.2) is 54.6 Å². The van der Waals surface area contributed by atoms with E-state index in [4.69, 9.17) is 4.74 Å². The van der Waals surface area contributed by atoms with Gasteiger partial charge in [0, 0.05) is 32.7 Å². The molecule has 0 unspecified atom stereocenters. The van der Waals surface area contributed by atoms with Gasteiger partial charge in [0.05, 0.1) is 0 Å². The average Bonchev–Trinajstić information content (AvgIpc) is 2.63. The van der Waals surface area contributed by atoms with Crippen molar-refractivity contribution < 1.29 is 9.84 Å². The highest BCUT2D eigenvalue weighted by atomic mass is 16.5. The van der Waals surface area contributed by atoms with Crippen LogP contribution in [0, 0.1) is 0 Å². The quantitative estimate of drug-likeness (QED) is 0.884. The van der Waals surface area contributed by atoms with Gasteiger partial charge in [0.25, 0.3) is 0 Å². The van der Waals surface area contributed by atoms with Crippen molar-refractivity contribution in [2.75, 3.05) is 46.4 Å². The van der Waals surface area contributed by atoms with Crippen molar-refractivity contribution >= 4 is 0 Å². The zero-order chi connectivity index (χ0) is 16.8. The Hall–Kier alpha value is -1.88. The number of β-amino-alcohol motifs (C(OH)–C–C–N with tert-alkyl or cyclic N) is 1. The van der Waals surface area contributed by atoms with Gasteiger partial charge in [-0.25, -0.2) is 0 Å². The number of hydrogen-bond acceptors (Lipinski definition) is 4. The molecule has 0 bridgehead atoms. The molecule has 24 heavy (non-hydrogen) atoms. The van der Waals surface area contributed by atoms with Crippen LogP contribution in [0.3, 0.4) is 0 Å². The molecule has 0 amide bonds. The van der Waals surface area contributed by atoms with Gasteiger partial charge in [-0.3, -0.25) is 4.90 Å². The van der Waals surface area contributed by atoms with E-state index >= 15 is 0 Å². The lowest BCUT2D eigenvalue weighted by Crippen LogP contribution is -2.47. The van der Waals surface area contributed by atoms with Crippen molar-refractivity contribution in [3.05, 3.63) is 54.6 Å². The van der Waals surface area contributed by atoms with E-state index in [0.717, 1.165) is 31.9 Å². The first kappa shape index (κ1) is 17.0. The highest BCUT2D eigenvalue weighted by molar-refractivity contribution is 5.63. The number of likely N-dealkylation sites (N-methyl/N-ethyl adjacent to an activating group) is 1. The molecule has 2 aromatic carbocycles. The topological polar surface area (TPSA) is 35.9 Å². The standard InChI is InChI=1S/C20H26N2O2/c1-21-11-13-22(14-12-21)15-19(23)16-24-20-9-7-18(8-10-20)17-5-3-2-4-6-17/h2-10,19,23H,11-16H2,1H3/t19-/m1/s1. The smallest absolute Gasteiger partial charge is 0.119 e. The Kier molecular flexibility index (Phi) is 5.86. The molecule has 2 aromatic rings. The second kappa shape index (κ2) is 8.29. The molecule has 3 rings (SSSR count). The molecule has 0 aromatic heterocycles. The third kappa shape index (κ3) is 4.81. The van der Waals surface area contributed by atoms with E-state index in [0.29, 0.717) is 13.2 Å². The molecule has 1 heterocycles. The van der Waals surface area contributed by atoms with Gasteiger partial charge in [0.1, 0.15) is 18.5 Å². The van der Waals surface area contributed by atoms with Crippen LogP contribution in [0.4, 0.5) is 0 Å². The van der Waals surface area contributed by atoms with Crippen LogP contribution in [0.5, 0.6) is 5.75 Å². The minimum absolute atomic E-state index is 0.330. The highest BCUT2D eigenvalue weighted by Gasteiger charge is 2.17. The van der Waals surface area contributed by atoms with Crippen LogP contribution in [0.2, 0.25) is 0 Å². The first-order chi connectivity index (χ1) is 11.7. The van der Waals surface area contributed by atoms with Crippen LogP contribution in [0.25, 0.3) is 11.1 Å². The number of aliphatic hydroxyl groups excluding tert-OH is 1. The van der Waals surface area contributed by atoms with E-state index in [-0.39, 0.29) is 0 Å². The van der Waals surface area contributed by atoms with Gasteiger partial charge in [-0.1, -0.05) is 42.5 Å². The first-order valence-electron chi connectivity index (χ1n) is 8.58. The number of aliphatic hydroxyl groups is 1. The van der Waals surface area contributed by atoms with Gasteiger partial charge < -0.3 is 14.7 Å². The minimum Gasteiger partial charge on any atom is -0.491 e. The molecule has 1 aliphatic rings. The first-order valence-corrected chi connectivity index (χ1v) is 8.58. The van der Waals surface area contributed by atoms with Crippen LogP contribution in [-0.2, 0) is 0 Å². The molecule has 1 saturated heterocycles. The largest absolute Gasteiger partial charge is 0.491 e. The Morgan fingerprint density at radius 2 is 1.54 bits per heavy atom. The number of nitrogens with zero attached hydrogens (tertiary/aromatic N) is 2. The van der Waals surface area contributed by atoms with Crippen LogP contribution >= 0.6 is 0 Å². The Morgan fingerprint density at radius 3 is 2.21 bits per heavy atom. The summed E-state index contributed by atoms with van der Waals surface area (Å²) in [5, 5.41) is 10.2. The summed E-state index contributed by atoms with van der Waals surface area (Å²) in [5.74, 6) is 0.798. The summed E-state index contributed by atoms with van der Waals surface area (Å²) < 4.78 is 5.73. The number of rotatable bonds is 6. The fourth-order valence-electron chi connectivity index (χ4n) is 2.95. The van der Waals surface area contributed by atoms with Gasteiger partial charge in [0.15, 0.2) is 0 Å². The summed E-state index contributed by atoms with van der Waals surface area (Å²) in [6.45, 7) is 5.16. The van der Waals surface area contributed by atoms with Gasteiger partial charge >= 0.3 is 0 Å². The molecule has 1 aliphatic heterocycles. The average molecular weight is 326 g/mol. The minimum atomic E-state index is -0.456. The SMILES string of the molecule is CN1CCN(C[C@@H](O)COc2ccc(-c3ccccc3)cc2)CC1. The van der Waals surface area contributed by atoms with E-state index in [1.54, 1.807) is 0 Å². The number of ether oxygens (including phenoxy) is 1. The molecular weight excluding hydrogens is 300 g/mol. The molecule has 1 N–H and O–H groups in total. The third-order valence-corrected chi connectivity index (χ3v) is 4.47. The van der Waals surface area contributed by atoms with Crippen molar-refractivity contribution in [2.45, 2.75) is 6.10 Å². The Morgan fingerprint density at radius 1 is 0.917 bits per heavy atom. The van der Waals surface area contributed by atoms with Crippen molar-refractivity contribution in [3.63, 3.8) is 0 Å². The maximum absolute atomic E-state index is 10.2. The van der Waals surface area contributed by atoms with Crippen molar-refractivity contribution in [2.24, 2.45) is 0 Å². The van der Waals surface area contributed by atoms with Gasteiger partial charge in [-0.15, -0.1) is 0 Å². The molecule has 0 spiro atoms. The van der Waals surface area contributed by atoms with E-state index in [1.807, 2.05) is 30.3 Å². The summed E-state index contributed by atoms with van der Waals surface area (Å²) in [5.41, 5.74) is 2.36. The second-order valence-electron chi connectivity index (χ2n) is 6.46. The zero-order valence-electron chi connectivity index (χ0n) is 14.3. The monoisotopic (exact) mass is 326 g/mol. The lowest BCUT2D eigenvalue weighted by molar-refractivity contribution is 0.0505. The molecule has 128 valence electrons. The predicted octanol–water partition coefficient (Wildman–Crippen LogP) is 2.34. The zero-order valence-corrected chi connectivity index (χ0v) is 14.3. The molecule has 0 saturated carbocycles. The molecule has 1 atom stereocenters. The molecular formula is C20H26N2O2. The molecule has 0 radical (unpaired) electrons. The van der Waals surface area contributed by atoms with Crippen molar-refractivity contribution in [3.8, 4) is 16.9 Å². The number of piperazine rings is 1. The number of hydrogen-bond donors (Lipinski definition) is 1. The maximum atomic E-state index is 10.2. The summed E-state index contributed by atoms with van der Waals surface area (Å²) >= 11 is 0. The lowest BCUT2D eigenvalue weighted by atomic mass is 10.1. The third-order valence-electron chi connectivity index (χ3n) is 4.47. The Bertz CT molecular complexity index is 607. The fraction of sp³-hybridized carbons (Fsp3) is 0.400. The summed E-state index contributed by atoms with van der Waals surface area (Å²) in [6.07, 6.45) is -0.456. The molecule has 1 fully saturated rings. The summed E-state index contributed by atoms with van der Waals surface area (Å²) in [4.78, 5) is 4.61. The number of benzene rings is 2. The van der Waals surface area contributed by atoms with E-state index in [1.165, 1.54) is 11.1 Å². The van der Waals surface area contributed by atoms with Crippen molar-refractivity contribution in [1.82, 2.24) is 9.80 Å². The normalized spacial score (nSPS) is 17.6. The van der Waals surface area contributed by atoms with E-state index < -0.39 is 6.10 Å². The van der Waals surface area contributed by atoms with E-state index in [9.17, 15) is 5.11 Å². The maximum Gasteiger partial charge on any atom is 0.119 e. The van der Waals surface area contributed by atoms with Gasteiger partial charge in [0.2, 0.25) is 0 Å². The second-order valence-corrected chi connectivity index (χ2v) is 6.46. The molecule has 4 nitrogen and oxygen atoms in total. The van der Waals surface area contributed by atoms with Gasteiger partial charge in [-0.05, 0) is 30.3 Å². The van der Waals surface area contributed by atoms with E-state index in [2.05, 4.69) is 41.1 Å². The summed E-state index contributed by atoms with van der Waals surface area (Å²) in [6, 6.07) is 18.3. The molecule has 4 heteroatoms. The molecule has 0 aliphatic carbocycles. The van der Waals surface area contributed by atoms with Crippen LogP contribution in [0.1, 0.15) is 0 Å². The van der Waals surface area contributed by atoms with Gasteiger partial charge in [-0.2, -0.15) is 0 Å². The lowest BCUT2D eigenvalue weighted by Gasteiger charge is -2.33.